The molecule has 0 bridgehead atoms. The standard InChI is InChI=1S/C14H22N2O4/c1-9(2)16-13(17)8-15-7-10-5-11(19-3)14(18)12(6-10)20-4/h5-6,9,15,18H,7-8H2,1-4H3,(H,16,17). The van der Waals surface area contributed by atoms with E-state index in [9.17, 15) is 9.90 Å². The molecule has 0 heterocycles. The SMILES string of the molecule is COc1cc(CNCC(=O)NC(C)C)cc(OC)c1O. The van der Waals surface area contributed by atoms with E-state index in [4.69, 9.17) is 9.47 Å². The Labute approximate surface area is 119 Å². The molecule has 0 saturated heterocycles. The highest BCUT2D eigenvalue weighted by molar-refractivity contribution is 5.78. The molecule has 0 aliphatic heterocycles. The summed E-state index contributed by atoms with van der Waals surface area (Å²) in [6, 6.07) is 3.52. The fourth-order valence-corrected chi connectivity index (χ4v) is 1.74. The number of carbonyl (C=O) groups excluding carboxylic acids is 1. The lowest BCUT2D eigenvalue weighted by molar-refractivity contribution is -0.120. The Morgan fingerprint density at radius 2 is 1.80 bits per heavy atom. The van der Waals surface area contributed by atoms with E-state index in [-0.39, 0.29) is 24.2 Å². The van der Waals surface area contributed by atoms with Gasteiger partial charge in [-0.25, -0.2) is 0 Å². The van der Waals surface area contributed by atoms with E-state index in [1.807, 2.05) is 13.8 Å². The van der Waals surface area contributed by atoms with Crippen LogP contribution >= 0.6 is 0 Å². The Morgan fingerprint density at radius 3 is 2.25 bits per heavy atom. The number of methoxy groups -OCH3 is 2. The summed E-state index contributed by atoms with van der Waals surface area (Å²) >= 11 is 0. The van der Waals surface area contributed by atoms with Crippen molar-refractivity contribution in [2.45, 2.75) is 26.4 Å². The molecule has 1 aromatic carbocycles. The monoisotopic (exact) mass is 282 g/mol. The van der Waals surface area contributed by atoms with Gasteiger partial charge in [0.2, 0.25) is 11.7 Å². The number of hydrogen-bond donors (Lipinski definition) is 3. The van der Waals surface area contributed by atoms with Crippen molar-refractivity contribution in [3.05, 3.63) is 17.7 Å². The molecule has 0 atom stereocenters. The van der Waals surface area contributed by atoms with Crippen LogP contribution in [-0.4, -0.2) is 37.8 Å². The number of ether oxygens (including phenoxy) is 2. The average molecular weight is 282 g/mol. The van der Waals surface area contributed by atoms with Gasteiger partial charge in [0, 0.05) is 12.6 Å². The molecule has 0 fully saturated rings. The Kier molecular flexibility index (Phi) is 6.11. The minimum atomic E-state index is -0.0577. The van der Waals surface area contributed by atoms with Gasteiger partial charge in [0.15, 0.2) is 11.5 Å². The van der Waals surface area contributed by atoms with Gasteiger partial charge in [-0.2, -0.15) is 0 Å². The van der Waals surface area contributed by atoms with Gasteiger partial charge in [-0.1, -0.05) is 0 Å². The van der Waals surface area contributed by atoms with E-state index in [2.05, 4.69) is 10.6 Å². The first-order chi connectivity index (χ1) is 9.47. The molecule has 0 aliphatic carbocycles. The number of hydrogen-bond acceptors (Lipinski definition) is 5. The molecule has 1 rings (SSSR count). The van der Waals surface area contributed by atoms with Crippen LogP contribution < -0.4 is 20.1 Å². The Hall–Kier alpha value is -1.95. The highest BCUT2D eigenvalue weighted by Crippen LogP contribution is 2.36. The van der Waals surface area contributed by atoms with Gasteiger partial charge in [0.1, 0.15) is 0 Å². The molecule has 0 aliphatic rings. The van der Waals surface area contributed by atoms with Crippen LogP contribution in [0.5, 0.6) is 17.2 Å². The van der Waals surface area contributed by atoms with Gasteiger partial charge in [-0.05, 0) is 31.5 Å². The minimum absolute atomic E-state index is 0.0312. The fraction of sp³-hybridized carbons (Fsp3) is 0.500. The van der Waals surface area contributed by atoms with Crippen LogP contribution in [0.1, 0.15) is 19.4 Å². The van der Waals surface area contributed by atoms with Crippen molar-refractivity contribution in [1.82, 2.24) is 10.6 Å². The largest absolute Gasteiger partial charge is 0.502 e. The lowest BCUT2D eigenvalue weighted by Crippen LogP contribution is -2.37. The molecule has 0 spiro atoms. The lowest BCUT2D eigenvalue weighted by Gasteiger charge is -2.12. The Bertz CT molecular complexity index is 435. The summed E-state index contributed by atoms with van der Waals surface area (Å²) in [4.78, 5) is 11.5. The maximum absolute atomic E-state index is 11.5. The van der Waals surface area contributed by atoms with Crippen LogP contribution in [0.3, 0.4) is 0 Å². The third-order valence-electron chi connectivity index (χ3n) is 2.60. The molecule has 1 aromatic rings. The van der Waals surface area contributed by atoms with Gasteiger partial charge in [0.25, 0.3) is 0 Å². The highest BCUT2D eigenvalue weighted by Gasteiger charge is 2.11. The molecule has 20 heavy (non-hydrogen) atoms. The van der Waals surface area contributed by atoms with E-state index in [1.165, 1.54) is 14.2 Å². The van der Waals surface area contributed by atoms with Gasteiger partial charge < -0.3 is 25.2 Å². The summed E-state index contributed by atoms with van der Waals surface area (Å²) < 4.78 is 10.1. The van der Waals surface area contributed by atoms with Crippen LogP contribution in [-0.2, 0) is 11.3 Å². The van der Waals surface area contributed by atoms with E-state index >= 15 is 0 Å². The predicted molar refractivity (Wildman–Crippen MR) is 76.2 cm³/mol. The number of nitrogens with one attached hydrogen (secondary N) is 2. The molecule has 112 valence electrons. The third-order valence-corrected chi connectivity index (χ3v) is 2.60. The summed E-state index contributed by atoms with van der Waals surface area (Å²) in [5.41, 5.74) is 0.855. The first-order valence-electron chi connectivity index (χ1n) is 6.41. The molecule has 6 heteroatoms. The third kappa shape index (κ3) is 4.62. The maximum atomic E-state index is 11.5. The second-order valence-electron chi connectivity index (χ2n) is 4.67. The van der Waals surface area contributed by atoms with Crippen molar-refractivity contribution in [3.8, 4) is 17.2 Å². The molecule has 0 radical (unpaired) electrons. The van der Waals surface area contributed by atoms with Crippen molar-refractivity contribution < 1.29 is 19.4 Å². The molecular formula is C14H22N2O4. The van der Waals surface area contributed by atoms with Crippen molar-refractivity contribution in [3.63, 3.8) is 0 Å². The van der Waals surface area contributed by atoms with Crippen molar-refractivity contribution in [1.29, 1.82) is 0 Å². The topological polar surface area (TPSA) is 79.8 Å². The summed E-state index contributed by atoms with van der Waals surface area (Å²) in [6.45, 7) is 4.52. The van der Waals surface area contributed by atoms with E-state index in [1.54, 1.807) is 12.1 Å². The molecule has 0 saturated carbocycles. The van der Waals surface area contributed by atoms with Crippen LogP contribution in [0.4, 0.5) is 0 Å². The zero-order chi connectivity index (χ0) is 15.1. The maximum Gasteiger partial charge on any atom is 0.234 e. The normalized spacial score (nSPS) is 10.4. The summed E-state index contributed by atoms with van der Waals surface area (Å²) in [6.07, 6.45) is 0. The number of benzene rings is 1. The summed E-state index contributed by atoms with van der Waals surface area (Å²) in [5.74, 6) is 0.592. The van der Waals surface area contributed by atoms with Crippen LogP contribution in [0.2, 0.25) is 0 Å². The molecular weight excluding hydrogens is 260 g/mol. The molecule has 0 unspecified atom stereocenters. The number of phenolic OH excluding ortho intramolecular Hbond substituents is 1. The highest BCUT2D eigenvalue weighted by atomic mass is 16.5. The minimum Gasteiger partial charge on any atom is -0.502 e. The van der Waals surface area contributed by atoms with E-state index in [0.29, 0.717) is 18.0 Å². The van der Waals surface area contributed by atoms with Crippen molar-refractivity contribution >= 4 is 5.91 Å². The quantitative estimate of drug-likeness (QED) is 0.696. The van der Waals surface area contributed by atoms with E-state index in [0.717, 1.165) is 5.56 Å². The van der Waals surface area contributed by atoms with Crippen LogP contribution in [0, 0.1) is 0 Å². The first-order valence-corrected chi connectivity index (χ1v) is 6.41. The number of amides is 1. The number of aromatic hydroxyl groups is 1. The predicted octanol–water partition coefficient (Wildman–Crippen LogP) is 1.02. The zero-order valence-electron chi connectivity index (χ0n) is 12.3. The fourth-order valence-electron chi connectivity index (χ4n) is 1.74. The van der Waals surface area contributed by atoms with Gasteiger partial charge in [-0.3, -0.25) is 4.79 Å². The molecule has 6 nitrogen and oxygen atoms in total. The number of rotatable bonds is 7. The summed E-state index contributed by atoms with van der Waals surface area (Å²) in [5, 5.41) is 15.6. The van der Waals surface area contributed by atoms with Gasteiger partial charge >= 0.3 is 0 Å². The average Bonchev–Trinajstić information content (AvgIpc) is 2.39. The first kappa shape index (κ1) is 16.1. The molecule has 3 N–H and O–H groups in total. The summed E-state index contributed by atoms with van der Waals surface area (Å²) in [7, 11) is 2.95. The van der Waals surface area contributed by atoms with Crippen molar-refractivity contribution in [2.24, 2.45) is 0 Å². The van der Waals surface area contributed by atoms with Crippen LogP contribution in [0.25, 0.3) is 0 Å². The van der Waals surface area contributed by atoms with Gasteiger partial charge in [-0.15, -0.1) is 0 Å². The molecule has 0 aromatic heterocycles. The Balaban J connectivity index is 2.62. The van der Waals surface area contributed by atoms with Crippen LogP contribution in [0.15, 0.2) is 12.1 Å². The smallest absolute Gasteiger partial charge is 0.234 e. The second kappa shape index (κ2) is 7.59. The number of phenols is 1. The second-order valence-corrected chi connectivity index (χ2v) is 4.67. The lowest BCUT2D eigenvalue weighted by atomic mass is 10.2. The zero-order valence-corrected chi connectivity index (χ0v) is 12.3. The Morgan fingerprint density at radius 1 is 1.25 bits per heavy atom. The van der Waals surface area contributed by atoms with Gasteiger partial charge in [0.05, 0.1) is 20.8 Å². The van der Waals surface area contributed by atoms with Crippen molar-refractivity contribution in [2.75, 3.05) is 20.8 Å². The number of carbonyl (C=O) groups is 1. The molecule has 1 amide bonds. The van der Waals surface area contributed by atoms with E-state index < -0.39 is 0 Å².